The molecule has 0 fully saturated rings. The summed E-state index contributed by atoms with van der Waals surface area (Å²) in [5.41, 5.74) is 0. The van der Waals surface area contributed by atoms with E-state index in [4.69, 9.17) is 0 Å². The number of nitrogens with one attached hydrogen (secondary N) is 2. The van der Waals surface area contributed by atoms with Gasteiger partial charge >= 0.3 is 0 Å². The summed E-state index contributed by atoms with van der Waals surface area (Å²) < 4.78 is 0. The molecular weight excluding hydrogens is 224 g/mol. The molecule has 1 aromatic heterocycles. The molecule has 4 heteroatoms. The van der Waals surface area contributed by atoms with Crippen LogP contribution in [0.5, 0.6) is 0 Å². The van der Waals surface area contributed by atoms with Crippen molar-refractivity contribution in [3.05, 3.63) is 12.3 Å². The molecule has 0 aliphatic heterocycles. The fraction of sp³-hybridized carbons (Fsp3) is 0.714. The molecule has 1 aromatic rings. The average Bonchev–Trinajstić information content (AvgIpc) is 2.29. The molecule has 2 N–H and O–H groups in total. The van der Waals surface area contributed by atoms with Gasteiger partial charge in [-0.2, -0.15) is 4.98 Å². The molecule has 0 aliphatic rings. The summed E-state index contributed by atoms with van der Waals surface area (Å²) >= 11 is 0. The number of hydrogen-bond acceptors (Lipinski definition) is 4. The Hall–Kier alpha value is -1.32. The monoisotopic (exact) mass is 250 g/mol. The fourth-order valence-electron chi connectivity index (χ4n) is 1.84. The Morgan fingerprint density at radius 2 is 2.00 bits per heavy atom. The second-order valence-corrected chi connectivity index (χ2v) is 5.17. The molecule has 0 saturated heterocycles. The summed E-state index contributed by atoms with van der Waals surface area (Å²) in [6, 6.07) is 2.37. The molecule has 102 valence electrons. The zero-order chi connectivity index (χ0) is 13.4. The molecule has 1 heterocycles. The second kappa shape index (κ2) is 7.90. The molecule has 1 rings (SSSR count). The largest absolute Gasteiger partial charge is 0.367 e. The van der Waals surface area contributed by atoms with E-state index in [2.05, 4.69) is 41.4 Å². The Labute approximate surface area is 111 Å². The Bertz CT molecular complexity index is 338. The van der Waals surface area contributed by atoms with Crippen molar-refractivity contribution < 1.29 is 0 Å². The number of nitrogens with zero attached hydrogens (tertiary/aromatic N) is 2. The van der Waals surface area contributed by atoms with Crippen molar-refractivity contribution in [1.29, 1.82) is 0 Å². The molecule has 18 heavy (non-hydrogen) atoms. The molecule has 0 amide bonds. The average molecular weight is 250 g/mol. The topological polar surface area (TPSA) is 49.8 Å². The lowest BCUT2D eigenvalue weighted by Gasteiger charge is -2.15. The van der Waals surface area contributed by atoms with Crippen molar-refractivity contribution in [2.45, 2.75) is 53.0 Å². The maximum absolute atomic E-state index is 4.41. The van der Waals surface area contributed by atoms with Crippen LogP contribution in [0.2, 0.25) is 0 Å². The molecule has 1 unspecified atom stereocenters. The summed E-state index contributed by atoms with van der Waals surface area (Å²) in [5.74, 6) is 2.38. The van der Waals surface area contributed by atoms with Gasteiger partial charge in [0.2, 0.25) is 5.95 Å². The summed E-state index contributed by atoms with van der Waals surface area (Å²) in [4.78, 5) is 8.57. The standard InChI is InChI=1S/C14H26N4/c1-5-15-14-16-10-9-13(18-14)17-12(4)8-6-7-11(2)3/h9-12H,5-8H2,1-4H3,(H2,15,16,17,18). The first-order chi connectivity index (χ1) is 8.61. The quantitative estimate of drug-likeness (QED) is 0.741. The molecule has 0 bridgehead atoms. The van der Waals surface area contributed by atoms with Crippen LogP contribution in [0.3, 0.4) is 0 Å². The normalized spacial score (nSPS) is 12.5. The first-order valence-electron chi connectivity index (χ1n) is 6.95. The molecule has 0 radical (unpaired) electrons. The first kappa shape index (κ1) is 14.7. The zero-order valence-electron chi connectivity index (χ0n) is 12.0. The van der Waals surface area contributed by atoms with Gasteiger partial charge in [-0.3, -0.25) is 0 Å². The van der Waals surface area contributed by atoms with Gasteiger partial charge in [0.15, 0.2) is 0 Å². The smallest absolute Gasteiger partial charge is 0.224 e. The van der Waals surface area contributed by atoms with Crippen LogP contribution in [-0.2, 0) is 0 Å². The van der Waals surface area contributed by atoms with Crippen LogP contribution in [0, 0.1) is 5.92 Å². The molecule has 0 aromatic carbocycles. The van der Waals surface area contributed by atoms with E-state index in [1.54, 1.807) is 6.20 Å². The lowest BCUT2D eigenvalue weighted by Crippen LogP contribution is -2.16. The summed E-state index contributed by atoms with van der Waals surface area (Å²) in [6.07, 6.45) is 5.52. The zero-order valence-corrected chi connectivity index (χ0v) is 12.0. The highest BCUT2D eigenvalue weighted by Gasteiger charge is 2.04. The van der Waals surface area contributed by atoms with E-state index in [9.17, 15) is 0 Å². The van der Waals surface area contributed by atoms with Crippen LogP contribution in [0.4, 0.5) is 11.8 Å². The number of aromatic nitrogens is 2. The van der Waals surface area contributed by atoms with Crippen molar-refractivity contribution in [3.8, 4) is 0 Å². The second-order valence-electron chi connectivity index (χ2n) is 5.17. The Balaban J connectivity index is 2.38. The van der Waals surface area contributed by atoms with Crippen molar-refractivity contribution in [3.63, 3.8) is 0 Å². The molecular formula is C14H26N4. The minimum atomic E-state index is 0.452. The van der Waals surface area contributed by atoms with Gasteiger partial charge in [0, 0.05) is 18.8 Å². The van der Waals surface area contributed by atoms with E-state index in [0.717, 1.165) is 18.3 Å². The lowest BCUT2D eigenvalue weighted by atomic mass is 10.0. The predicted molar refractivity (Wildman–Crippen MR) is 78.0 cm³/mol. The third kappa shape index (κ3) is 5.84. The van der Waals surface area contributed by atoms with E-state index in [0.29, 0.717) is 12.0 Å². The fourth-order valence-corrected chi connectivity index (χ4v) is 1.84. The lowest BCUT2D eigenvalue weighted by molar-refractivity contribution is 0.520. The minimum absolute atomic E-state index is 0.452. The van der Waals surface area contributed by atoms with E-state index in [1.807, 2.05) is 13.0 Å². The minimum Gasteiger partial charge on any atom is -0.367 e. The highest BCUT2D eigenvalue weighted by atomic mass is 15.1. The summed E-state index contributed by atoms with van der Waals surface area (Å²) in [5, 5.41) is 6.54. The van der Waals surface area contributed by atoms with Crippen molar-refractivity contribution in [2.75, 3.05) is 17.2 Å². The maximum atomic E-state index is 4.41. The molecule has 0 aliphatic carbocycles. The van der Waals surface area contributed by atoms with Gasteiger partial charge < -0.3 is 10.6 Å². The number of anilines is 2. The van der Waals surface area contributed by atoms with E-state index >= 15 is 0 Å². The van der Waals surface area contributed by atoms with Gasteiger partial charge in [0.25, 0.3) is 0 Å². The Kier molecular flexibility index (Phi) is 6.47. The third-order valence-electron chi connectivity index (χ3n) is 2.80. The van der Waals surface area contributed by atoms with Crippen LogP contribution in [0.25, 0.3) is 0 Å². The van der Waals surface area contributed by atoms with Crippen LogP contribution in [-0.4, -0.2) is 22.6 Å². The van der Waals surface area contributed by atoms with Crippen LogP contribution < -0.4 is 10.6 Å². The van der Waals surface area contributed by atoms with Crippen LogP contribution >= 0.6 is 0 Å². The molecule has 1 atom stereocenters. The summed E-state index contributed by atoms with van der Waals surface area (Å²) in [6.45, 7) is 9.62. The molecule has 0 saturated carbocycles. The highest BCUT2D eigenvalue weighted by molar-refractivity contribution is 5.40. The number of hydrogen-bond donors (Lipinski definition) is 2. The van der Waals surface area contributed by atoms with Crippen molar-refractivity contribution in [1.82, 2.24) is 9.97 Å². The van der Waals surface area contributed by atoms with E-state index in [-0.39, 0.29) is 0 Å². The maximum Gasteiger partial charge on any atom is 0.224 e. The van der Waals surface area contributed by atoms with Gasteiger partial charge in [-0.1, -0.05) is 26.7 Å². The van der Waals surface area contributed by atoms with E-state index in [1.165, 1.54) is 19.3 Å². The van der Waals surface area contributed by atoms with E-state index < -0.39 is 0 Å². The van der Waals surface area contributed by atoms with Crippen molar-refractivity contribution in [2.24, 2.45) is 5.92 Å². The molecule has 4 nitrogen and oxygen atoms in total. The van der Waals surface area contributed by atoms with Gasteiger partial charge in [0.1, 0.15) is 5.82 Å². The van der Waals surface area contributed by atoms with Crippen LogP contribution in [0.1, 0.15) is 47.0 Å². The number of rotatable bonds is 8. The van der Waals surface area contributed by atoms with Crippen molar-refractivity contribution >= 4 is 11.8 Å². The Morgan fingerprint density at radius 1 is 1.22 bits per heavy atom. The SMILES string of the molecule is CCNc1nccc(NC(C)CCCC(C)C)n1. The van der Waals surface area contributed by atoms with Gasteiger partial charge in [-0.25, -0.2) is 4.98 Å². The van der Waals surface area contributed by atoms with Crippen LogP contribution in [0.15, 0.2) is 12.3 Å². The van der Waals surface area contributed by atoms with Gasteiger partial charge in [-0.05, 0) is 32.3 Å². The van der Waals surface area contributed by atoms with Gasteiger partial charge in [-0.15, -0.1) is 0 Å². The third-order valence-corrected chi connectivity index (χ3v) is 2.80. The molecule has 0 spiro atoms. The first-order valence-corrected chi connectivity index (χ1v) is 6.95. The Morgan fingerprint density at radius 3 is 2.67 bits per heavy atom. The van der Waals surface area contributed by atoms with Gasteiger partial charge in [0.05, 0.1) is 0 Å². The predicted octanol–water partition coefficient (Wildman–Crippen LogP) is 3.54. The summed E-state index contributed by atoms with van der Waals surface area (Å²) in [7, 11) is 0. The highest BCUT2D eigenvalue weighted by Crippen LogP contribution is 2.12.